The Kier molecular flexibility index (Phi) is 10.8. The van der Waals surface area contributed by atoms with Crippen LogP contribution < -0.4 is 4.74 Å². The van der Waals surface area contributed by atoms with E-state index < -0.39 is 5.97 Å². The van der Waals surface area contributed by atoms with Crippen LogP contribution in [0.2, 0.25) is 0 Å². The Morgan fingerprint density at radius 3 is 2.27 bits per heavy atom. The van der Waals surface area contributed by atoms with Gasteiger partial charge in [-0.15, -0.1) is 0 Å². The minimum atomic E-state index is -0.407. The van der Waals surface area contributed by atoms with E-state index in [9.17, 15) is 10.1 Å². The average molecular weight is 502 g/mol. The average Bonchev–Trinajstić information content (AvgIpc) is 2.88. The van der Waals surface area contributed by atoms with Gasteiger partial charge in [-0.2, -0.15) is 5.26 Å². The fraction of sp³-hybridized carbons (Fsp3) is 0.469. The van der Waals surface area contributed by atoms with Gasteiger partial charge in [0, 0.05) is 24.2 Å². The molecule has 5 heteroatoms. The summed E-state index contributed by atoms with van der Waals surface area (Å²) in [5.41, 5.74) is 5.76. The largest absolute Gasteiger partial charge is 0.423 e. The third-order valence-electron chi connectivity index (χ3n) is 7.56. The van der Waals surface area contributed by atoms with E-state index in [4.69, 9.17) is 4.74 Å². The monoisotopic (exact) mass is 501 g/mol. The predicted molar refractivity (Wildman–Crippen MR) is 152 cm³/mol. The van der Waals surface area contributed by atoms with Gasteiger partial charge in [0.25, 0.3) is 0 Å². The molecule has 0 aliphatic heterocycles. The molecule has 0 bridgehead atoms. The molecule has 1 aromatic heterocycles. The number of nitriles is 1. The summed E-state index contributed by atoms with van der Waals surface area (Å²) in [5, 5.41) is 9.31. The Morgan fingerprint density at radius 2 is 1.73 bits per heavy atom. The van der Waals surface area contributed by atoms with E-state index in [0.29, 0.717) is 29.0 Å². The molecule has 0 radical (unpaired) electrons. The van der Waals surface area contributed by atoms with Crippen molar-refractivity contribution >= 4 is 11.5 Å². The maximum Gasteiger partial charge on any atom is 0.338 e. The second-order valence-corrected chi connectivity index (χ2v) is 10.3. The molecule has 0 aliphatic carbocycles. The fourth-order valence-electron chi connectivity index (χ4n) is 4.77. The summed E-state index contributed by atoms with van der Waals surface area (Å²) < 4.78 is 5.49. The molecule has 3 atom stereocenters. The van der Waals surface area contributed by atoms with Crippen molar-refractivity contribution in [3.05, 3.63) is 77.1 Å². The minimum Gasteiger partial charge on any atom is -0.423 e. The smallest absolute Gasteiger partial charge is 0.338 e. The first kappa shape index (κ1) is 30.0. The van der Waals surface area contributed by atoms with Crippen LogP contribution in [0.5, 0.6) is 5.75 Å². The summed E-state index contributed by atoms with van der Waals surface area (Å²) in [7, 11) is 0. The van der Waals surface area contributed by atoms with Crippen molar-refractivity contribution in [1.82, 2.24) is 9.88 Å². The van der Waals surface area contributed by atoms with Crippen LogP contribution in [0.4, 0.5) is 0 Å². The number of pyridine rings is 1. The van der Waals surface area contributed by atoms with Gasteiger partial charge in [-0.25, -0.2) is 9.78 Å². The fourth-order valence-corrected chi connectivity index (χ4v) is 4.77. The SMILES string of the molecule is C=C(C)C(=O)Oc1ccc(C(C)N(C[C@H](C)C(C)C(=C)c2nc(C#N)ccc2C)C(CC)CC)cc1C. The quantitative estimate of drug-likeness (QED) is 0.170. The van der Waals surface area contributed by atoms with Crippen molar-refractivity contribution in [3.63, 3.8) is 0 Å². The highest BCUT2D eigenvalue weighted by Crippen LogP contribution is 2.34. The number of carbonyl (C=O) groups excluding carboxylic acids is 1. The highest BCUT2D eigenvalue weighted by atomic mass is 16.5. The van der Waals surface area contributed by atoms with Gasteiger partial charge < -0.3 is 4.74 Å². The zero-order valence-electron chi connectivity index (χ0n) is 23.9. The number of carbonyl (C=O) groups is 1. The summed E-state index contributed by atoms with van der Waals surface area (Å²) in [5.74, 6) is 0.670. The minimum absolute atomic E-state index is 0.180. The molecule has 2 rings (SSSR count). The topological polar surface area (TPSA) is 66.2 Å². The van der Waals surface area contributed by atoms with Crippen LogP contribution in [-0.2, 0) is 4.79 Å². The molecule has 0 saturated heterocycles. The van der Waals surface area contributed by atoms with Crippen LogP contribution in [0, 0.1) is 37.0 Å². The van der Waals surface area contributed by atoms with Crippen LogP contribution in [0.1, 0.15) is 88.5 Å². The lowest BCUT2D eigenvalue weighted by molar-refractivity contribution is -0.130. The summed E-state index contributed by atoms with van der Waals surface area (Å²) in [6.07, 6.45) is 2.11. The molecule has 1 aromatic carbocycles. The number of hydrogen-bond acceptors (Lipinski definition) is 5. The molecule has 0 spiro atoms. The van der Waals surface area contributed by atoms with E-state index in [2.05, 4.69) is 75.9 Å². The summed E-state index contributed by atoms with van der Waals surface area (Å²) in [4.78, 5) is 19.1. The van der Waals surface area contributed by atoms with Crippen molar-refractivity contribution in [3.8, 4) is 11.8 Å². The highest BCUT2D eigenvalue weighted by Gasteiger charge is 2.28. The van der Waals surface area contributed by atoms with Gasteiger partial charge in [0.15, 0.2) is 0 Å². The van der Waals surface area contributed by atoms with Crippen LogP contribution in [0.15, 0.2) is 49.1 Å². The molecule has 0 aliphatic rings. The molecule has 2 unspecified atom stereocenters. The van der Waals surface area contributed by atoms with Gasteiger partial charge in [0.2, 0.25) is 0 Å². The van der Waals surface area contributed by atoms with E-state index in [-0.39, 0.29) is 12.0 Å². The molecule has 0 amide bonds. The van der Waals surface area contributed by atoms with Crippen molar-refractivity contribution in [2.24, 2.45) is 11.8 Å². The molecule has 5 nitrogen and oxygen atoms in total. The summed E-state index contributed by atoms with van der Waals surface area (Å²) in [6, 6.07) is 12.5. The number of aryl methyl sites for hydroxylation is 2. The van der Waals surface area contributed by atoms with Gasteiger partial charge in [-0.1, -0.05) is 59.1 Å². The maximum absolute atomic E-state index is 12.0. The Bertz CT molecular complexity index is 1170. The van der Waals surface area contributed by atoms with Crippen LogP contribution >= 0.6 is 0 Å². The number of nitrogens with zero attached hydrogens (tertiary/aromatic N) is 3. The Hall–Kier alpha value is -3.23. The molecule has 0 fully saturated rings. The zero-order valence-corrected chi connectivity index (χ0v) is 23.9. The highest BCUT2D eigenvalue weighted by molar-refractivity contribution is 5.88. The molecule has 0 N–H and O–H groups in total. The third kappa shape index (κ3) is 7.40. The van der Waals surface area contributed by atoms with Crippen molar-refractivity contribution < 1.29 is 9.53 Å². The van der Waals surface area contributed by atoms with E-state index in [0.717, 1.165) is 41.8 Å². The number of benzene rings is 1. The maximum atomic E-state index is 12.0. The van der Waals surface area contributed by atoms with Crippen LogP contribution in [-0.4, -0.2) is 28.4 Å². The molecule has 1 heterocycles. The van der Waals surface area contributed by atoms with E-state index >= 15 is 0 Å². The number of esters is 1. The third-order valence-corrected chi connectivity index (χ3v) is 7.56. The Morgan fingerprint density at radius 1 is 1.08 bits per heavy atom. The van der Waals surface area contributed by atoms with E-state index in [1.807, 2.05) is 26.0 Å². The van der Waals surface area contributed by atoms with Gasteiger partial charge >= 0.3 is 5.97 Å². The first-order chi connectivity index (χ1) is 17.4. The normalized spacial score (nSPS) is 13.6. The van der Waals surface area contributed by atoms with Crippen molar-refractivity contribution in [1.29, 1.82) is 5.26 Å². The lowest BCUT2D eigenvalue weighted by Gasteiger charge is -2.39. The van der Waals surface area contributed by atoms with Gasteiger partial charge in [-0.3, -0.25) is 4.90 Å². The Balaban J connectivity index is 2.30. The second kappa shape index (κ2) is 13.4. The lowest BCUT2D eigenvalue weighted by Crippen LogP contribution is -2.41. The summed E-state index contributed by atoms with van der Waals surface area (Å²) >= 11 is 0. The predicted octanol–water partition coefficient (Wildman–Crippen LogP) is 7.59. The standard InChI is InChI=1S/C32H43N3O2/c1-11-29(12-2)35(26(10)27-14-16-30(22(6)17-27)37-32(36)20(3)4)19-23(7)24(8)25(9)31-21(5)13-15-28(18-33)34-31/h13-17,23-24,26,29H,3,9,11-12,19H2,1-2,4-8,10H3/t23-,24?,26?/m0/s1. The van der Waals surface area contributed by atoms with Gasteiger partial charge in [0.1, 0.15) is 17.5 Å². The molecule has 0 saturated carbocycles. The number of ether oxygens (including phenoxy) is 1. The molecule has 37 heavy (non-hydrogen) atoms. The molecular weight excluding hydrogens is 458 g/mol. The first-order valence-corrected chi connectivity index (χ1v) is 13.3. The van der Waals surface area contributed by atoms with Crippen molar-refractivity contribution in [2.75, 3.05) is 6.54 Å². The number of rotatable bonds is 12. The summed E-state index contributed by atoms with van der Waals surface area (Å²) in [6.45, 7) is 25.8. The van der Waals surface area contributed by atoms with E-state index in [1.54, 1.807) is 13.0 Å². The van der Waals surface area contributed by atoms with Crippen molar-refractivity contribution in [2.45, 2.75) is 80.3 Å². The molecule has 198 valence electrons. The van der Waals surface area contributed by atoms with E-state index in [1.165, 1.54) is 5.56 Å². The number of allylic oxidation sites excluding steroid dienone is 1. The second-order valence-electron chi connectivity index (χ2n) is 10.3. The van der Waals surface area contributed by atoms with Gasteiger partial charge in [0.05, 0.1) is 5.69 Å². The van der Waals surface area contributed by atoms with Crippen LogP contribution in [0.3, 0.4) is 0 Å². The number of hydrogen-bond donors (Lipinski definition) is 0. The zero-order chi connectivity index (χ0) is 27.9. The lowest BCUT2D eigenvalue weighted by atomic mass is 9.85. The number of aromatic nitrogens is 1. The molecular formula is C32H43N3O2. The first-order valence-electron chi connectivity index (χ1n) is 13.3. The van der Waals surface area contributed by atoms with Crippen LogP contribution in [0.25, 0.3) is 5.57 Å². The molecule has 2 aromatic rings. The Labute approximate surface area is 223 Å². The van der Waals surface area contributed by atoms with Gasteiger partial charge in [-0.05, 0) is 86.8 Å².